The van der Waals surface area contributed by atoms with Crippen LogP contribution in [0.1, 0.15) is 5.56 Å². The zero-order valence-electron chi connectivity index (χ0n) is 13.3. The molecule has 0 aliphatic carbocycles. The highest BCUT2D eigenvalue weighted by Gasteiger charge is 2.01. The fourth-order valence-corrected chi connectivity index (χ4v) is 2.14. The fourth-order valence-electron chi connectivity index (χ4n) is 2.14. The van der Waals surface area contributed by atoms with Gasteiger partial charge in [0.05, 0.1) is 13.3 Å². The molecule has 0 aliphatic heterocycles. The van der Waals surface area contributed by atoms with Crippen LogP contribution in [0, 0.1) is 0 Å². The first-order valence-electron chi connectivity index (χ1n) is 7.55. The number of ether oxygens (including phenoxy) is 1. The SMILES string of the molecule is COc1ccc(CCNc2cc(Nc3cnccn3)ncn2)cc1. The summed E-state index contributed by atoms with van der Waals surface area (Å²) in [6, 6.07) is 9.87. The third-order valence-corrected chi connectivity index (χ3v) is 3.37. The van der Waals surface area contributed by atoms with Crippen LogP contribution in [0.4, 0.5) is 17.5 Å². The fraction of sp³-hybridized carbons (Fsp3) is 0.176. The quantitative estimate of drug-likeness (QED) is 0.691. The smallest absolute Gasteiger partial charge is 0.150 e. The molecule has 2 aromatic heterocycles. The first-order valence-corrected chi connectivity index (χ1v) is 7.55. The largest absolute Gasteiger partial charge is 0.497 e. The lowest BCUT2D eigenvalue weighted by Crippen LogP contribution is -2.07. The number of aromatic nitrogens is 4. The number of rotatable bonds is 7. The van der Waals surface area contributed by atoms with Crippen molar-refractivity contribution in [3.05, 3.63) is 60.8 Å². The van der Waals surface area contributed by atoms with Crippen LogP contribution in [0.2, 0.25) is 0 Å². The topological polar surface area (TPSA) is 84.9 Å². The summed E-state index contributed by atoms with van der Waals surface area (Å²) >= 11 is 0. The molecule has 2 heterocycles. The molecule has 122 valence electrons. The molecule has 0 aliphatic rings. The number of hydrogen-bond donors (Lipinski definition) is 2. The molecular formula is C17H18N6O. The first kappa shape index (κ1) is 15.7. The molecule has 7 nitrogen and oxygen atoms in total. The van der Waals surface area contributed by atoms with Gasteiger partial charge in [0.2, 0.25) is 0 Å². The minimum atomic E-state index is 0.639. The first-order chi connectivity index (χ1) is 11.8. The van der Waals surface area contributed by atoms with Crippen molar-refractivity contribution in [1.29, 1.82) is 0 Å². The van der Waals surface area contributed by atoms with Crippen LogP contribution in [-0.4, -0.2) is 33.6 Å². The van der Waals surface area contributed by atoms with Crippen LogP contribution >= 0.6 is 0 Å². The Morgan fingerprint density at radius 3 is 2.54 bits per heavy atom. The Morgan fingerprint density at radius 2 is 1.79 bits per heavy atom. The van der Waals surface area contributed by atoms with Gasteiger partial charge in [-0.2, -0.15) is 0 Å². The Morgan fingerprint density at radius 1 is 0.958 bits per heavy atom. The lowest BCUT2D eigenvalue weighted by atomic mass is 10.1. The number of anilines is 3. The summed E-state index contributed by atoms with van der Waals surface area (Å²) in [5.74, 6) is 2.92. The normalized spacial score (nSPS) is 10.2. The van der Waals surface area contributed by atoms with E-state index in [0.717, 1.165) is 24.5 Å². The van der Waals surface area contributed by atoms with Crippen molar-refractivity contribution in [3.63, 3.8) is 0 Å². The van der Waals surface area contributed by atoms with Crippen molar-refractivity contribution in [2.45, 2.75) is 6.42 Å². The van der Waals surface area contributed by atoms with Gasteiger partial charge < -0.3 is 15.4 Å². The summed E-state index contributed by atoms with van der Waals surface area (Å²) in [7, 11) is 1.66. The van der Waals surface area contributed by atoms with Crippen LogP contribution in [-0.2, 0) is 6.42 Å². The third-order valence-electron chi connectivity index (χ3n) is 3.37. The van der Waals surface area contributed by atoms with Gasteiger partial charge in [-0.05, 0) is 24.1 Å². The van der Waals surface area contributed by atoms with Crippen LogP contribution in [0.25, 0.3) is 0 Å². The summed E-state index contributed by atoms with van der Waals surface area (Å²) in [4.78, 5) is 16.6. The summed E-state index contributed by atoms with van der Waals surface area (Å²) in [5.41, 5.74) is 1.23. The molecule has 0 saturated heterocycles. The predicted octanol–water partition coefficient (Wildman–Crippen LogP) is 2.67. The highest BCUT2D eigenvalue weighted by Crippen LogP contribution is 2.14. The monoisotopic (exact) mass is 322 g/mol. The van der Waals surface area contributed by atoms with E-state index in [2.05, 4.69) is 42.7 Å². The molecule has 0 amide bonds. The minimum absolute atomic E-state index is 0.639. The molecule has 0 bridgehead atoms. The number of nitrogens with one attached hydrogen (secondary N) is 2. The summed E-state index contributed by atoms with van der Waals surface area (Å²) in [6.45, 7) is 0.772. The lowest BCUT2D eigenvalue weighted by molar-refractivity contribution is 0.414. The minimum Gasteiger partial charge on any atom is -0.497 e. The van der Waals surface area contributed by atoms with E-state index in [-0.39, 0.29) is 0 Å². The molecule has 0 spiro atoms. The number of nitrogens with zero attached hydrogens (tertiary/aromatic N) is 4. The Hall–Kier alpha value is -3.22. The molecule has 0 saturated carbocycles. The molecule has 0 radical (unpaired) electrons. The maximum Gasteiger partial charge on any atom is 0.150 e. The Bertz CT molecular complexity index is 764. The molecule has 1 aromatic carbocycles. The van der Waals surface area contributed by atoms with Crippen molar-refractivity contribution in [2.24, 2.45) is 0 Å². The van der Waals surface area contributed by atoms with Gasteiger partial charge in [-0.25, -0.2) is 15.0 Å². The van der Waals surface area contributed by atoms with Gasteiger partial charge in [0, 0.05) is 25.0 Å². The second-order valence-electron chi connectivity index (χ2n) is 5.03. The van der Waals surface area contributed by atoms with Crippen LogP contribution in [0.15, 0.2) is 55.2 Å². The molecule has 3 rings (SSSR count). The van der Waals surface area contributed by atoms with Crippen molar-refractivity contribution < 1.29 is 4.74 Å². The van der Waals surface area contributed by atoms with Crippen LogP contribution in [0.3, 0.4) is 0 Å². The van der Waals surface area contributed by atoms with Crippen molar-refractivity contribution in [2.75, 3.05) is 24.3 Å². The van der Waals surface area contributed by atoms with Gasteiger partial charge in [0.15, 0.2) is 0 Å². The lowest BCUT2D eigenvalue weighted by Gasteiger charge is -2.08. The summed E-state index contributed by atoms with van der Waals surface area (Å²) in [5, 5.41) is 6.38. The van der Waals surface area contributed by atoms with Gasteiger partial charge in [-0.3, -0.25) is 4.98 Å². The van der Waals surface area contributed by atoms with Gasteiger partial charge >= 0.3 is 0 Å². The van der Waals surface area contributed by atoms with Gasteiger partial charge in [-0.1, -0.05) is 12.1 Å². The average Bonchev–Trinajstić information content (AvgIpc) is 2.63. The van der Waals surface area contributed by atoms with Crippen molar-refractivity contribution >= 4 is 17.5 Å². The molecule has 7 heteroatoms. The van der Waals surface area contributed by atoms with E-state index < -0.39 is 0 Å². The Kier molecular flexibility index (Phi) is 5.14. The van der Waals surface area contributed by atoms with Crippen LogP contribution < -0.4 is 15.4 Å². The maximum absolute atomic E-state index is 5.16. The maximum atomic E-state index is 5.16. The molecular weight excluding hydrogens is 304 g/mol. The molecule has 0 fully saturated rings. The van der Waals surface area contributed by atoms with Crippen molar-refractivity contribution in [3.8, 4) is 5.75 Å². The molecule has 2 N–H and O–H groups in total. The highest BCUT2D eigenvalue weighted by molar-refractivity contribution is 5.54. The van der Waals surface area contributed by atoms with Gasteiger partial charge in [-0.15, -0.1) is 0 Å². The Balaban J connectivity index is 1.54. The standard InChI is InChI=1S/C17H18N6O/c1-24-14-4-2-13(3-5-14)6-7-19-15-10-16(22-12-21-15)23-17-11-18-8-9-20-17/h2-5,8-12H,6-7H2,1H3,(H2,19,20,21,22,23). The van der Waals surface area contributed by atoms with E-state index in [1.54, 1.807) is 25.7 Å². The second-order valence-corrected chi connectivity index (χ2v) is 5.03. The zero-order valence-corrected chi connectivity index (χ0v) is 13.3. The molecule has 24 heavy (non-hydrogen) atoms. The highest BCUT2D eigenvalue weighted by atomic mass is 16.5. The third kappa shape index (κ3) is 4.39. The molecule has 0 atom stereocenters. The van der Waals surface area contributed by atoms with E-state index in [0.29, 0.717) is 11.6 Å². The van der Waals surface area contributed by atoms with Gasteiger partial charge in [0.1, 0.15) is 29.5 Å². The van der Waals surface area contributed by atoms with E-state index in [1.165, 1.54) is 11.9 Å². The second kappa shape index (κ2) is 7.87. The van der Waals surface area contributed by atoms with E-state index in [9.17, 15) is 0 Å². The number of methoxy groups -OCH3 is 1. The van der Waals surface area contributed by atoms with Gasteiger partial charge in [0.25, 0.3) is 0 Å². The molecule has 0 unspecified atom stereocenters. The number of hydrogen-bond acceptors (Lipinski definition) is 7. The zero-order chi connectivity index (χ0) is 16.6. The van der Waals surface area contributed by atoms with Crippen LogP contribution in [0.5, 0.6) is 5.75 Å². The van der Waals surface area contributed by atoms with E-state index in [4.69, 9.17) is 4.74 Å². The number of benzene rings is 1. The van der Waals surface area contributed by atoms with E-state index in [1.807, 2.05) is 18.2 Å². The van der Waals surface area contributed by atoms with E-state index >= 15 is 0 Å². The average molecular weight is 322 g/mol. The summed E-state index contributed by atoms with van der Waals surface area (Å²) < 4.78 is 5.16. The summed E-state index contributed by atoms with van der Waals surface area (Å²) in [6.07, 6.45) is 7.28. The Labute approximate surface area is 140 Å². The van der Waals surface area contributed by atoms with Crippen molar-refractivity contribution in [1.82, 2.24) is 19.9 Å². The predicted molar refractivity (Wildman–Crippen MR) is 92.5 cm³/mol. The molecule has 3 aromatic rings.